The van der Waals surface area contributed by atoms with Gasteiger partial charge >= 0.3 is 0 Å². The average molecular weight is 499 g/mol. The lowest BCUT2D eigenvalue weighted by atomic mass is 9.90. The molecule has 2 aliphatic heterocycles. The van der Waals surface area contributed by atoms with Crippen molar-refractivity contribution in [3.8, 4) is 5.75 Å². The first-order valence-electron chi connectivity index (χ1n) is 13.2. The summed E-state index contributed by atoms with van der Waals surface area (Å²) in [6.07, 6.45) is 6.85. The van der Waals surface area contributed by atoms with Crippen LogP contribution in [0.5, 0.6) is 5.75 Å². The Bertz CT molecular complexity index is 742. The van der Waals surface area contributed by atoms with Crippen LogP contribution in [0.25, 0.3) is 0 Å². The van der Waals surface area contributed by atoms with Crippen molar-refractivity contribution in [2.45, 2.75) is 103 Å². The lowest BCUT2D eigenvalue weighted by Gasteiger charge is -2.42. The Labute approximate surface area is 210 Å². The van der Waals surface area contributed by atoms with Crippen LogP contribution in [0.15, 0.2) is 6.07 Å². The molecule has 0 saturated carbocycles. The normalized spacial score (nSPS) is 24.3. The zero-order valence-corrected chi connectivity index (χ0v) is 21.9. The molecule has 1 aromatic carbocycles. The molecule has 2 aliphatic rings. The van der Waals surface area contributed by atoms with Crippen LogP contribution in [0.3, 0.4) is 0 Å². The van der Waals surface area contributed by atoms with Crippen molar-refractivity contribution in [1.82, 2.24) is 0 Å². The average Bonchev–Trinajstić information content (AvgIpc) is 3.34. The van der Waals surface area contributed by atoms with E-state index in [2.05, 4.69) is 20.8 Å². The molecular formula is C27H43ClO6. The van der Waals surface area contributed by atoms with Gasteiger partial charge in [-0.05, 0) is 30.9 Å². The van der Waals surface area contributed by atoms with Crippen LogP contribution in [0.4, 0.5) is 0 Å². The third-order valence-corrected chi connectivity index (χ3v) is 7.04. The summed E-state index contributed by atoms with van der Waals surface area (Å²) in [5.41, 5.74) is 2.54. The molecule has 1 unspecified atom stereocenters. The van der Waals surface area contributed by atoms with Crippen LogP contribution < -0.4 is 4.74 Å². The van der Waals surface area contributed by atoms with E-state index in [1.165, 1.54) is 0 Å². The number of ether oxygens (including phenoxy) is 5. The summed E-state index contributed by atoms with van der Waals surface area (Å²) in [5.74, 6) is 0.774. The van der Waals surface area contributed by atoms with Crippen LogP contribution in [-0.2, 0) is 32.0 Å². The molecule has 0 amide bonds. The molecule has 34 heavy (non-hydrogen) atoms. The van der Waals surface area contributed by atoms with Gasteiger partial charge in [-0.2, -0.15) is 0 Å². The predicted octanol–water partition coefficient (Wildman–Crippen LogP) is 5.78. The fourth-order valence-electron chi connectivity index (χ4n) is 4.61. The van der Waals surface area contributed by atoms with Gasteiger partial charge < -0.3 is 28.8 Å². The molecule has 0 aromatic heterocycles. The number of benzene rings is 1. The number of aliphatic hydroxyl groups excluding tert-OH is 1. The third kappa shape index (κ3) is 7.08. The quantitative estimate of drug-likeness (QED) is 0.309. The molecule has 1 saturated heterocycles. The van der Waals surface area contributed by atoms with E-state index in [1.54, 1.807) is 0 Å². The maximum Gasteiger partial charge on any atom is 0.130 e. The molecule has 0 aliphatic carbocycles. The first kappa shape index (κ1) is 27.7. The lowest BCUT2D eigenvalue weighted by Crippen LogP contribution is -2.48. The Kier molecular flexibility index (Phi) is 11.9. The Hall–Kier alpha value is -0.890. The zero-order chi connectivity index (χ0) is 24.3. The van der Waals surface area contributed by atoms with E-state index in [0.717, 1.165) is 74.8 Å². The Morgan fingerprint density at radius 2 is 1.74 bits per heavy atom. The van der Waals surface area contributed by atoms with Crippen molar-refractivity contribution in [2.24, 2.45) is 0 Å². The number of hydrogen-bond acceptors (Lipinski definition) is 6. The first-order valence-corrected chi connectivity index (χ1v) is 13.6. The van der Waals surface area contributed by atoms with E-state index >= 15 is 0 Å². The lowest BCUT2D eigenvalue weighted by molar-refractivity contribution is -0.213. The molecule has 0 bridgehead atoms. The summed E-state index contributed by atoms with van der Waals surface area (Å²) in [7, 11) is 0. The van der Waals surface area contributed by atoms with Crippen molar-refractivity contribution in [2.75, 3.05) is 33.0 Å². The number of hydrogen-bond donors (Lipinski definition) is 1. The summed E-state index contributed by atoms with van der Waals surface area (Å²) in [5, 5.41) is 10.6. The van der Waals surface area contributed by atoms with E-state index in [-0.39, 0.29) is 31.0 Å². The SMILES string of the molecule is CCCCOC[C@@H]1C[C@H](OCCCC)[C@@H](OCCCC)C(c2cc(CO)c(Cl)c3c2OCC3)O1. The predicted molar refractivity (Wildman–Crippen MR) is 134 cm³/mol. The van der Waals surface area contributed by atoms with E-state index in [4.69, 9.17) is 35.3 Å². The fourth-order valence-corrected chi connectivity index (χ4v) is 4.90. The van der Waals surface area contributed by atoms with Crippen molar-refractivity contribution < 1.29 is 28.8 Å². The highest BCUT2D eigenvalue weighted by atomic mass is 35.5. The van der Waals surface area contributed by atoms with Crippen LogP contribution in [-0.4, -0.2) is 56.5 Å². The molecule has 1 N–H and O–H groups in total. The highest BCUT2D eigenvalue weighted by Gasteiger charge is 2.43. The molecular weight excluding hydrogens is 456 g/mol. The summed E-state index contributed by atoms with van der Waals surface area (Å²) in [6.45, 7) is 9.52. The first-order chi connectivity index (χ1) is 16.6. The topological polar surface area (TPSA) is 66.4 Å². The van der Waals surface area contributed by atoms with Gasteiger partial charge in [0.05, 0.1) is 37.1 Å². The minimum atomic E-state index is -0.383. The van der Waals surface area contributed by atoms with Crippen LogP contribution in [0.1, 0.15) is 88.5 Å². The van der Waals surface area contributed by atoms with E-state index in [9.17, 15) is 5.11 Å². The van der Waals surface area contributed by atoms with E-state index in [1.807, 2.05) is 6.07 Å². The van der Waals surface area contributed by atoms with Gasteiger partial charge in [0.2, 0.25) is 0 Å². The zero-order valence-electron chi connectivity index (χ0n) is 21.2. The molecule has 194 valence electrons. The number of rotatable bonds is 15. The summed E-state index contributed by atoms with van der Waals surface area (Å²) >= 11 is 6.59. The van der Waals surface area contributed by atoms with Crippen LogP contribution in [0, 0.1) is 0 Å². The fraction of sp³-hybridized carbons (Fsp3) is 0.778. The molecule has 6 nitrogen and oxygen atoms in total. The second kappa shape index (κ2) is 14.6. The molecule has 0 radical (unpaired) electrons. The highest BCUT2D eigenvalue weighted by molar-refractivity contribution is 6.32. The summed E-state index contributed by atoms with van der Waals surface area (Å²) in [4.78, 5) is 0. The maximum atomic E-state index is 9.98. The Morgan fingerprint density at radius 3 is 2.44 bits per heavy atom. The molecule has 7 heteroatoms. The van der Waals surface area contributed by atoms with Gasteiger partial charge in [0.25, 0.3) is 0 Å². The van der Waals surface area contributed by atoms with Crippen molar-refractivity contribution in [3.05, 3.63) is 27.8 Å². The maximum absolute atomic E-state index is 9.98. The van der Waals surface area contributed by atoms with Gasteiger partial charge in [0, 0.05) is 43.8 Å². The van der Waals surface area contributed by atoms with Gasteiger partial charge in [0.1, 0.15) is 18.0 Å². The van der Waals surface area contributed by atoms with E-state index in [0.29, 0.717) is 37.0 Å². The van der Waals surface area contributed by atoms with Crippen LogP contribution in [0.2, 0.25) is 5.02 Å². The van der Waals surface area contributed by atoms with Crippen molar-refractivity contribution in [3.63, 3.8) is 0 Å². The second-order valence-electron chi connectivity index (χ2n) is 9.30. The van der Waals surface area contributed by atoms with Gasteiger partial charge in [-0.1, -0.05) is 51.6 Å². The monoisotopic (exact) mass is 498 g/mol. The van der Waals surface area contributed by atoms with Gasteiger partial charge in [-0.15, -0.1) is 0 Å². The minimum Gasteiger partial charge on any atom is -0.493 e. The number of fused-ring (bicyclic) bond motifs is 1. The second-order valence-corrected chi connectivity index (χ2v) is 9.68. The molecule has 4 atom stereocenters. The molecule has 0 spiro atoms. The summed E-state index contributed by atoms with van der Waals surface area (Å²) in [6, 6.07) is 1.93. The smallest absolute Gasteiger partial charge is 0.130 e. The van der Waals surface area contributed by atoms with Crippen molar-refractivity contribution >= 4 is 11.6 Å². The minimum absolute atomic E-state index is 0.104. The van der Waals surface area contributed by atoms with Crippen molar-refractivity contribution in [1.29, 1.82) is 0 Å². The Balaban J connectivity index is 1.92. The van der Waals surface area contributed by atoms with Gasteiger partial charge in [-0.25, -0.2) is 0 Å². The third-order valence-electron chi connectivity index (χ3n) is 6.57. The molecule has 1 aromatic rings. The van der Waals surface area contributed by atoms with Gasteiger partial charge in [-0.3, -0.25) is 0 Å². The number of halogens is 1. The largest absolute Gasteiger partial charge is 0.493 e. The van der Waals surface area contributed by atoms with Gasteiger partial charge in [0.15, 0.2) is 0 Å². The van der Waals surface area contributed by atoms with E-state index < -0.39 is 0 Å². The number of aliphatic hydroxyl groups is 1. The summed E-state index contributed by atoms with van der Waals surface area (Å²) < 4.78 is 31.5. The standard InChI is InChI=1S/C27H43ClO6/c1-4-7-11-30-18-20-16-23(31-12-8-5-2)27(32-13-9-6-3)26(34-20)22-15-19(17-29)24(28)21-10-14-33-25(21)22/h15,20,23,26-27,29H,4-14,16-18H2,1-3H3/t20-,23-,26?,27+/m0/s1. The van der Waals surface area contributed by atoms with Crippen LogP contribution >= 0.6 is 11.6 Å². The molecule has 1 fully saturated rings. The number of unbranched alkanes of at least 4 members (excludes halogenated alkanes) is 3. The Morgan fingerprint density at radius 1 is 1.03 bits per heavy atom. The molecule has 3 rings (SSSR count). The molecule has 2 heterocycles. The highest BCUT2D eigenvalue weighted by Crippen LogP contribution is 2.45.